The van der Waals surface area contributed by atoms with Crippen LogP contribution in [0.2, 0.25) is 0 Å². The van der Waals surface area contributed by atoms with Crippen LogP contribution in [-0.4, -0.2) is 56.8 Å². The predicted molar refractivity (Wildman–Crippen MR) is 105 cm³/mol. The molecule has 6 nitrogen and oxygen atoms in total. The number of carbonyl (C=O) groups is 2. The van der Waals surface area contributed by atoms with Gasteiger partial charge in [-0.1, -0.05) is 12.1 Å². The van der Waals surface area contributed by atoms with Crippen molar-refractivity contribution in [3.05, 3.63) is 29.8 Å². The molecule has 0 aromatic heterocycles. The van der Waals surface area contributed by atoms with Crippen LogP contribution in [0.25, 0.3) is 0 Å². The number of carbonyl (C=O) groups excluding carboxylic acids is 2. The lowest BCUT2D eigenvalue weighted by molar-refractivity contribution is -0.162. The Kier molecular flexibility index (Phi) is 6.94. The molecule has 0 bridgehead atoms. The first kappa shape index (κ1) is 20.6. The number of piperidine rings is 1. The monoisotopic (exact) mass is 389 g/mol. The second kappa shape index (κ2) is 9.41. The molecule has 0 N–H and O–H groups in total. The van der Waals surface area contributed by atoms with Crippen molar-refractivity contribution < 1.29 is 23.8 Å². The highest BCUT2D eigenvalue weighted by molar-refractivity contribution is 5.82. The number of ether oxygens (including phenoxy) is 3. The number of esters is 1. The summed E-state index contributed by atoms with van der Waals surface area (Å²) >= 11 is 0. The van der Waals surface area contributed by atoms with Gasteiger partial charge in [0.1, 0.15) is 5.75 Å². The van der Waals surface area contributed by atoms with Gasteiger partial charge in [-0.15, -0.1) is 0 Å². The third-order valence-electron chi connectivity index (χ3n) is 5.84. The Bertz CT molecular complexity index is 685. The number of hydrogen-bond donors (Lipinski definition) is 0. The van der Waals surface area contributed by atoms with E-state index in [2.05, 4.69) is 0 Å². The average Bonchev–Trinajstić information content (AvgIpc) is 2.74. The second-order valence-electron chi connectivity index (χ2n) is 7.78. The lowest BCUT2D eigenvalue weighted by Gasteiger charge is -2.42. The lowest BCUT2D eigenvalue weighted by atomic mass is 9.74. The van der Waals surface area contributed by atoms with Gasteiger partial charge in [-0.3, -0.25) is 9.59 Å². The number of likely N-dealkylation sites (tertiary alicyclic amines) is 1. The molecule has 1 amide bonds. The van der Waals surface area contributed by atoms with Crippen LogP contribution >= 0.6 is 0 Å². The lowest BCUT2D eigenvalue weighted by Crippen LogP contribution is -2.53. The minimum absolute atomic E-state index is 0.00330. The first-order valence-electron chi connectivity index (χ1n) is 10.2. The molecule has 1 aromatic rings. The third-order valence-corrected chi connectivity index (χ3v) is 5.84. The van der Waals surface area contributed by atoms with Gasteiger partial charge in [0, 0.05) is 32.2 Å². The topological polar surface area (TPSA) is 65.1 Å². The minimum Gasteiger partial charge on any atom is -0.497 e. The Morgan fingerprint density at radius 1 is 1.29 bits per heavy atom. The summed E-state index contributed by atoms with van der Waals surface area (Å²) < 4.78 is 16.2. The molecule has 3 rings (SSSR count). The van der Waals surface area contributed by atoms with Gasteiger partial charge in [0.15, 0.2) is 0 Å². The van der Waals surface area contributed by atoms with Crippen LogP contribution in [0.15, 0.2) is 24.3 Å². The summed E-state index contributed by atoms with van der Waals surface area (Å²) in [4.78, 5) is 28.0. The van der Waals surface area contributed by atoms with Crippen LogP contribution in [0.1, 0.15) is 38.2 Å². The molecular formula is C22H31NO5. The van der Waals surface area contributed by atoms with Crippen molar-refractivity contribution in [3.8, 4) is 5.75 Å². The molecule has 154 valence electrons. The first-order chi connectivity index (χ1) is 13.6. The van der Waals surface area contributed by atoms with E-state index >= 15 is 0 Å². The smallest absolute Gasteiger partial charge is 0.314 e. The molecule has 0 aliphatic carbocycles. The Balaban J connectivity index is 1.81. The summed E-state index contributed by atoms with van der Waals surface area (Å²) in [5.41, 5.74) is 0.314. The molecule has 1 atom stereocenters. The van der Waals surface area contributed by atoms with Crippen molar-refractivity contribution >= 4 is 11.9 Å². The molecule has 0 unspecified atom stereocenters. The van der Waals surface area contributed by atoms with Gasteiger partial charge in [-0.25, -0.2) is 0 Å². The van der Waals surface area contributed by atoms with Crippen molar-refractivity contribution in [1.82, 2.24) is 4.90 Å². The van der Waals surface area contributed by atoms with Gasteiger partial charge < -0.3 is 19.1 Å². The number of amides is 1. The van der Waals surface area contributed by atoms with Gasteiger partial charge in [-0.05, 0) is 56.7 Å². The molecule has 6 heteroatoms. The summed E-state index contributed by atoms with van der Waals surface area (Å²) in [5, 5.41) is 0. The highest BCUT2D eigenvalue weighted by atomic mass is 16.5. The van der Waals surface area contributed by atoms with Crippen LogP contribution in [0.5, 0.6) is 5.75 Å². The maximum atomic E-state index is 13.1. The fourth-order valence-electron chi connectivity index (χ4n) is 4.36. The van der Waals surface area contributed by atoms with E-state index in [1.807, 2.05) is 36.1 Å². The SMILES string of the molecule is CCOC(=O)[C@@]1(Cc2cccc(OC)c2)CCCN(C(=O)C2CCOCC2)C1. The zero-order chi connectivity index (χ0) is 20.0. The summed E-state index contributed by atoms with van der Waals surface area (Å²) in [6.45, 7) is 4.56. The van der Waals surface area contributed by atoms with E-state index < -0.39 is 5.41 Å². The number of nitrogens with zero attached hydrogens (tertiary/aromatic N) is 1. The molecule has 2 fully saturated rings. The van der Waals surface area contributed by atoms with E-state index in [0.717, 1.165) is 37.0 Å². The number of methoxy groups -OCH3 is 1. The standard InChI is InChI=1S/C22H31NO5/c1-3-28-21(25)22(15-17-6-4-7-19(14-17)26-2)10-5-11-23(16-22)20(24)18-8-12-27-13-9-18/h4,6-7,14,18H,3,5,8-13,15-16H2,1-2H3/t22-/m1/s1. The van der Waals surface area contributed by atoms with Gasteiger partial charge in [0.25, 0.3) is 0 Å². The van der Waals surface area contributed by atoms with E-state index in [4.69, 9.17) is 14.2 Å². The Morgan fingerprint density at radius 3 is 2.79 bits per heavy atom. The fourth-order valence-corrected chi connectivity index (χ4v) is 4.36. The van der Waals surface area contributed by atoms with Crippen molar-refractivity contribution in [3.63, 3.8) is 0 Å². The molecule has 0 radical (unpaired) electrons. The summed E-state index contributed by atoms with van der Waals surface area (Å²) in [7, 11) is 1.63. The van der Waals surface area contributed by atoms with E-state index in [-0.39, 0.29) is 17.8 Å². The molecular weight excluding hydrogens is 358 g/mol. The van der Waals surface area contributed by atoms with Crippen LogP contribution in [0.4, 0.5) is 0 Å². The van der Waals surface area contributed by atoms with Crippen molar-refractivity contribution in [2.45, 2.75) is 39.0 Å². The van der Waals surface area contributed by atoms with Crippen molar-refractivity contribution in [1.29, 1.82) is 0 Å². The number of hydrogen-bond acceptors (Lipinski definition) is 5. The zero-order valence-corrected chi connectivity index (χ0v) is 16.9. The van der Waals surface area contributed by atoms with Gasteiger partial charge in [0.2, 0.25) is 5.91 Å². The minimum atomic E-state index is -0.707. The van der Waals surface area contributed by atoms with E-state index in [1.165, 1.54) is 0 Å². The molecule has 2 aliphatic heterocycles. The van der Waals surface area contributed by atoms with Gasteiger partial charge in [0.05, 0.1) is 19.1 Å². The van der Waals surface area contributed by atoms with Gasteiger partial charge >= 0.3 is 5.97 Å². The maximum absolute atomic E-state index is 13.1. The van der Waals surface area contributed by atoms with Crippen molar-refractivity contribution in [2.24, 2.45) is 11.3 Å². The molecule has 1 aromatic carbocycles. The third kappa shape index (κ3) is 4.66. The number of benzene rings is 1. The highest BCUT2D eigenvalue weighted by Crippen LogP contribution is 2.37. The zero-order valence-electron chi connectivity index (χ0n) is 16.9. The Morgan fingerprint density at radius 2 is 2.07 bits per heavy atom. The molecule has 2 heterocycles. The van der Waals surface area contributed by atoms with Crippen molar-refractivity contribution in [2.75, 3.05) is 40.0 Å². The van der Waals surface area contributed by atoms with Gasteiger partial charge in [-0.2, -0.15) is 0 Å². The molecule has 0 saturated carbocycles. The van der Waals surface area contributed by atoms with Crippen LogP contribution in [0.3, 0.4) is 0 Å². The maximum Gasteiger partial charge on any atom is 0.314 e. The summed E-state index contributed by atoms with van der Waals surface area (Å²) in [6, 6.07) is 7.78. The van der Waals surface area contributed by atoms with E-state index in [0.29, 0.717) is 39.3 Å². The summed E-state index contributed by atoms with van der Waals surface area (Å²) in [6.07, 6.45) is 3.59. The van der Waals surface area contributed by atoms with Crippen LogP contribution in [-0.2, 0) is 25.5 Å². The fraction of sp³-hybridized carbons (Fsp3) is 0.636. The molecule has 0 spiro atoms. The average molecular weight is 389 g/mol. The van der Waals surface area contributed by atoms with E-state index in [1.54, 1.807) is 7.11 Å². The number of rotatable bonds is 6. The Hall–Kier alpha value is -2.08. The molecule has 2 saturated heterocycles. The Labute approximate surface area is 167 Å². The molecule has 28 heavy (non-hydrogen) atoms. The second-order valence-corrected chi connectivity index (χ2v) is 7.78. The quantitative estimate of drug-likeness (QED) is 0.700. The summed E-state index contributed by atoms with van der Waals surface area (Å²) in [5.74, 6) is 0.718. The van der Waals surface area contributed by atoms with Crippen LogP contribution in [0, 0.1) is 11.3 Å². The highest BCUT2D eigenvalue weighted by Gasteiger charge is 2.45. The molecule has 2 aliphatic rings. The first-order valence-corrected chi connectivity index (χ1v) is 10.2. The van der Waals surface area contributed by atoms with E-state index in [9.17, 15) is 9.59 Å². The predicted octanol–water partition coefficient (Wildman–Crippen LogP) is 2.84. The normalized spacial score (nSPS) is 23.3. The van der Waals surface area contributed by atoms with Crippen LogP contribution < -0.4 is 4.74 Å². The largest absolute Gasteiger partial charge is 0.497 e.